The van der Waals surface area contributed by atoms with Crippen molar-refractivity contribution in [1.82, 2.24) is 9.97 Å². The Bertz CT molecular complexity index is 933. The van der Waals surface area contributed by atoms with E-state index in [0.717, 1.165) is 11.0 Å². The van der Waals surface area contributed by atoms with Gasteiger partial charge in [-0.05, 0) is 24.3 Å². The van der Waals surface area contributed by atoms with Gasteiger partial charge in [-0.25, -0.2) is 9.78 Å². The summed E-state index contributed by atoms with van der Waals surface area (Å²) in [6.45, 7) is 0. The first kappa shape index (κ1) is 15.3. The summed E-state index contributed by atoms with van der Waals surface area (Å²) in [6, 6.07) is 16.5. The molecule has 6 nitrogen and oxygen atoms in total. The number of anilines is 1. The lowest BCUT2D eigenvalue weighted by atomic mass is 10.2. The molecular formula is C18H14N4O2. The van der Waals surface area contributed by atoms with Crippen LogP contribution >= 0.6 is 0 Å². The van der Waals surface area contributed by atoms with Crippen molar-refractivity contribution in [3.05, 3.63) is 66.1 Å². The maximum absolute atomic E-state index is 11.8. The van der Waals surface area contributed by atoms with Crippen molar-refractivity contribution in [2.75, 3.05) is 12.4 Å². The molecule has 0 aliphatic rings. The zero-order valence-corrected chi connectivity index (χ0v) is 12.9. The fourth-order valence-electron chi connectivity index (χ4n) is 2.28. The summed E-state index contributed by atoms with van der Waals surface area (Å²) in [5, 5.41) is 12.4. The molecule has 2 aromatic carbocycles. The largest absolute Gasteiger partial charge is 0.465 e. The van der Waals surface area contributed by atoms with Gasteiger partial charge in [-0.3, -0.25) is 0 Å². The molecule has 0 atom stereocenters. The lowest BCUT2D eigenvalue weighted by Gasteiger charge is -2.07. The fourth-order valence-corrected chi connectivity index (χ4v) is 2.28. The molecule has 0 aliphatic heterocycles. The minimum absolute atomic E-state index is 0.325. The molecule has 3 rings (SSSR count). The number of imidazole rings is 1. The summed E-state index contributed by atoms with van der Waals surface area (Å²) in [7, 11) is 1.32. The van der Waals surface area contributed by atoms with E-state index in [9.17, 15) is 10.1 Å². The van der Waals surface area contributed by atoms with Gasteiger partial charge in [0.15, 0.2) is 5.82 Å². The van der Waals surface area contributed by atoms with E-state index in [0.29, 0.717) is 22.6 Å². The Hall–Kier alpha value is -3.59. The summed E-state index contributed by atoms with van der Waals surface area (Å²) in [6.07, 6.45) is 1.51. The van der Waals surface area contributed by atoms with Gasteiger partial charge < -0.3 is 15.0 Å². The fraction of sp³-hybridized carbons (Fsp3) is 0.0556. The molecule has 2 N–H and O–H groups in total. The number of aromatic amines is 1. The number of esters is 1. The number of nitrogens with zero attached hydrogens (tertiary/aromatic N) is 2. The van der Waals surface area contributed by atoms with Crippen molar-refractivity contribution in [2.24, 2.45) is 0 Å². The standard InChI is InChI=1S/C18H14N4O2/c1-24-18(23)13-6-2-3-7-14(13)20-11-12(10-19)17-21-15-8-4-5-9-16(15)22-17/h2-9,11,20H,1H3,(H,21,22). The molecule has 0 saturated carbocycles. The highest BCUT2D eigenvalue weighted by Crippen LogP contribution is 2.19. The molecule has 0 aliphatic carbocycles. The molecular weight excluding hydrogens is 304 g/mol. The number of rotatable bonds is 4. The molecule has 6 heteroatoms. The van der Waals surface area contributed by atoms with E-state index in [2.05, 4.69) is 21.4 Å². The van der Waals surface area contributed by atoms with Gasteiger partial charge >= 0.3 is 5.97 Å². The predicted molar refractivity (Wildman–Crippen MR) is 91.1 cm³/mol. The smallest absolute Gasteiger partial charge is 0.339 e. The number of H-pyrrole nitrogens is 1. The van der Waals surface area contributed by atoms with E-state index in [1.165, 1.54) is 13.3 Å². The molecule has 0 spiro atoms. The SMILES string of the molecule is COC(=O)c1ccccc1NC=C(C#N)c1nc2ccccc2[nH]1. The van der Waals surface area contributed by atoms with Gasteiger partial charge in [0.1, 0.15) is 11.6 Å². The number of ether oxygens (including phenoxy) is 1. The molecule has 0 unspecified atom stereocenters. The number of methoxy groups -OCH3 is 1. The van der Waals surface area contributed by atoms with Gasteiger partial charge in [0.05, 0.1) is 29.4 Å². The minimum atomic E-state index is -0.450. The Morgan fingerprint density at radius 2 is 2.00 bits per heavy atom. The van der Waals surface area contributed by atoms with E-state index in [-0.39, 0.29) is 0 Å². The highest BCUT2D eigenvalue weighted by Gasteiger charge is 2.11. The van der Waals surface area contributed by atoms with Gasteiger partial charge in [0.2, 0.25) is 0 Å². The number of allylic oxidation sites excluding steroid dienone is 1. The van der Waals surface area contributed by atoms with Crippen molar-refractivity contribution >= 4 is 28.3 Å². The number of nitriles is 1. The number of para-hydroxylation sites is 3. The van der Waals surface area contributed by atoms with Crippen LogP contribution in [0.2, 0.25) is 0 Å². The summed E-state index contributed by atoms with van der Waals surface area (Å²) in [4.78, 5) is 19.3. The van der Waals surface area contributed by atoms with Crippen molar-refractivity contribution in [1.29, 1.82) is 5.26 Å². The second-order valence-corrected chi connectivity index (χ2v) is 4.95. The third kappa shape index (κ3) is 2.96. The highest BCUT2D eigenvalue weighted by atomic mass is 16.5. The second-order valence-electron chi connectivity index (χ2n) is 4.95. The van der Waals surface area contributed by atoms with Gasteiger partial charge in [0, 0.05) is 6.20 Å². The average molecular weight is 318 g/mol. The number of benzene rings is 2. The van der Waals surface area contributed by atoms with Crippen LogP contribution in [0.1, 0.15) is 16.2 Å². The number of fused-ring (bicyclic) bond motifs is 1. The molecule has 0 bridgehead atoms. The first-order chi connectivity index (χ1) is 11.7. The van der Waals surface area contributed by atoms with E-state index in [4.69, 9.17) is 4.74 Å². The molecule has 0 saturated heterocycles. The quantitative estimate of drug-likeness (QED) is 0.569. The third-order valence-corrected chi connectivity index (χ3v) is 3.47. The molecule has 0 radical (unpaired) electrons. The Morgan fingerprint density at radius 1 is 1.25 bits per heavy atom. The maximum Gasteiger partial charge on any atom is 0.339 e. The molecule has 1 aromatic heterocycles. The summed E-state index contributed by atoms with van der Waals surface area (Å²) in [5.74, 6) is 0.00972. The first-order valence-corrected chi connectivity index (χ1v) is 7.22. The lowest BCUT2D eigenvalue weighted by molar-refractivity contribution is 0.0602. The molecule has 24 heavy (non-hydrogen) atoms. The van der Waals surface area contributed by atoms with Crippen LogP contribution in [-0.4, -0.2) is 23.0 Å². The van der Waals surface area contributed by atoms with Crippen LogP contribution in [0.4, 0.5) is 5.69 Å². The van der Waals surface area contributed by atoms with Crippen LogP contribution in [0, 0.1) is 11.3 Å². The molecule has 3 aromatic rings. The number of nitrogens with one attached hydrogen (secondary N) is 2. The third-order valence-electron chi connectivity index (χ3n) is 3.47. The van der Waals surface area contributed by atoms with Crippen molar-refractivity contribution in [3.8, 4) is 6.07 Å². The van der Waals surface area contributed by atoms with E-state index in [1.807, 2.05) is 24.3 Å². The van der Waals surface area contributed by atoms with Crippen LogP contribution in [-0.2, 0) is 4.74 Å². The van der Waals surface area contributed by atoms with Crippen molar-refractivity contribution in [3.63, 3.8) is 0 Å². The van der Waals surface area contributed by atoms with Gasteiger partial charge in [-0.1, -0.05) is 24.3 Å². The van der Waals surface area contributed by atoms with Gasteiger partial charge in [-0.15, -0.1) is 0 Å². The maximum atomic E-state index is 11.8. The number of hydrogen-bond donors (Lipinski definition) is 2. The Morgan fingerprint density at radius 3 is 2.75 bits per heavy atom. The normalized spacial score (nSPS) is 11.1. The monoisotopic (exact) mass is 318 g/mol. The van der Waals surface area contributed by atoms with Crippen LogP contribution in [0.15, 0.2) is 54.7 Å². The zero-order valence-electron chi connectivity index (χ0n) is 12.9. The number of carbonyl (C=O) groups is 1. The topological polar surface area (TPSA) is 90.8 Å². The summed E-state index contributed by atoms with van der Waals surface area (Å²) in [5.41, 5.74) is 2.89. The van der Waals surface area contributed by atoms with Crippen LogP contribution in [0.5, 0.6) is 0 Å². The van der Waals surface area contributed by atoms with Crippen LogP contribution in [0.25, 0.3) is 16.6 Å². The van der Waals surface area contributed by atoms with E-state index in [1.54, 1.807) is 24.3 Å². The summed E-state index contributed by atoms with van der Waals surface area (Å²) < 4.78 is 4.75. The average Bonchev–Trinajstić information content (AvgIpc) is 3.06. The Balaban J connectivity index is 1.92. The lowest BCUT2D eigenvalue weighted by Crippen LogP contribution is -2.05. The first-order valence-electron chi connectivity index (χ1n) is 7.22. The highest BCUT2D eigenvalue weighted by molar-refractivity contribution is 5.96. The Labute approximate surface area is 138 Å². The minimum Gasteiger partial charge on any atom is -0.465 e. The van der Waals surface area contributed by atoms with Crippen molar-refractivity contribution in [2.45, 2.75) is 0 Å². The predicted octanol–water partition coefficient (Wildman–Crippen LogP) is 3.33. The van der Waals surface area contributed by atoms with Gasteiger partial charge in [0.25, 0.3) is 0 Å². The summed E-state index contributed by atoms with van der Waals surface area (Å²) >= 11 is 0. The molecule has 0 amide bonds. The molecule has 1 heterocycles. The van der Waals surface area contributed by atoms with Crippen LogP contribution < -0.4 is 5.32 Å². The number of aromatic nitrogens is 2. The Kier molecular flexibility index (Phi) is 4.25. The van der Waals surface area contributed by atoms with Gasteiger partial charge in [-0.2, -0.15) is 5.26 Å². The van der Waals surface area contributed by atoms with E-state index < -0.39 is 5.97 Å². The molecule has 0 fully saturated rings. The second kappa shape index (κ2) is 6.67. The number of hydrogen-bond acceptors (Lipinski definition) is 5. The number of carbonyl (C=O) groups excluding carboxylic acids is 1. The zero-order chi connectivity index (χ0) is 16.9. The molecule has 118 valence electrons. The van der Waals surface area contributed by atoms with E-state index >= 15 is 0 Å². The van der Waals surface area contributed by atoms with Crippen LogP contribution in [0.3, 0.4) is 0 Å². The van der Waals surface area contributed by atoms with Crippen molar-refractivity contribution < 1.29 is 9.53 Å².